The summed E-state index contributed by atoms with van der Waals surface area (Å²) in [7, 11) is 0. The lowest BCUT2D eigenvalue weighted by Crippen LogP contribution is -2.54. The van der Waals surface area contributed by atoms with Gasteiger partial charge in [0.05, 0.1) is 6.61 Å². The highest BCUT2D eigenvalue weighted by Crippen LogP contribution is 2.28. The van der Waals surface area contributed by atoms with E-state index in [2.05, 4.69) is 17.6 Å². The Kier molecular flexibility index (Phi) is 13.5. The average molecular weight is 506 g/mol. The monoisotopic (exact) mass is 505 g/mol. The molecule has 0 heterocycles. The molecule has 8 nitrogen and oxygen atoms in total. The van der Waals surface area contributed by atoms with Crippen molar-refractivity contribution < 1.29 is 24.2 Å². The largest absolute Gasteiger partial charge is 0.444 e. The molecular weight excluding hydrogens is 458 g/mol. The Bertz CT molecular complexity index is 850. The topological polar surface area (TPSA) is 108 Å². The molecule has 36 heavy (non-hydrogen) atoms. The fourth-order valence-corrected chi connectivity index (χ4v) is 3.92. The fraction of sp³-hybridized carbons (Fsp3) is 0.679. The summed E-state index contributed by atoms with van der Waals surface area (Å²) in [5.74, 6) is -0.786. The Balaban J connectivity index is 3.42. The number of ether oxygens (including phenoxy) is 1. The summed E-state index contributed by atoms with van der Waals surface area (Å²) >= 11 is 0. The maximum absolute atomic E-state index is 13.8. The third kappa shape index (κ3) is 10.2. The fourth-order valence-electron chi connectivity index (χ4n) is 3.92. The van der Waals surface area contributed by atoms with Gasteiger partial charge in [0.1, 0.15) is 17.7 Å². The number of alkyl carbamates (subject to hydrolysis) is 1. The molecule has 3 N–H and O–H groups in total. The first-order valence-electron chi connectivity index (χ1n) is 13.2. The van der Waals surface area contributed by atoms with Gasteiger partial charge in [-0.2, -0.15) is 0 Å². The summed E-state index contributed by atoms with van der Waals surface area (Å²) in [5, 5.41) is 15.5. The summed E-state index contributed by atoms with van der Waals surface area (Å²) in [6.45, 7) is 13.5. The molecule has 0 aromatic heterocycles. The van der Waals surface area contributed by atoms with E-state index in [9.17, 15) is 19.5 Å². The van der Waals surface area contributed by atoms with Crippen LogP contribution in [-0.4, -0.2) is 59.3 Å². The number of nitrogens with zero attached hydrogens (tertiary/aromatic N) is 1. The van der Waals surface area contributed by atoms with Gasteiger partial charge in [-0.05, 0) is 64.2 Å². The first-order chi connectivity index (χ1) is 17.0. The van der Waals surface area contributed by atoms with Gasteiger partial charge in [0.25, 0.3) is 0 Å². The van der Waals surface area contributed by atoms with Crippen LogP contribution in [0.1, 0.15) is 95.9 Å². The Hall–Kier alpha value is -2.61. The lowest BCUT2D eigenvalue weighted by molar-refractivity contribution is -0.143. The van der Waals surface area contributed by atoms with Crippen LogP contribution in [0.4, 0.5) is 4.79 Å². The minimum Gasteiger partial charge on any atom is -0.444 e. The van der Waals surface area contributed by atoms with E-state index in [-0.39, 0.29) is 5.91 Å². The third-order valence-corrected chi connectivity index (χ3v) is 6.04. The van der Waals surface area contributed by atoms with Crippen molar-refractivity contribution in [2.45, 2.75) is 105 Å². The highest BCUT2D eigenvalue weighted by molar-refractivity contribution is 5.92. The zero-order valence-corrected chi connectivity index (χ0v) is 23.3. The Morgan fingerprint density at radius 2 is 1.69 bits per heavy atom. The SMILES string of the molecule is CCCCCCN(C(=O)C(CO)NC(=O)OC(C)(C)C)C(C(=O)NCCCC)c1cccc(C)c1C. The third-order valence-electron chi connectivity index (χ3n) is 6.04. The van der Waals surface area contributed by atoms with Crippen molar-refractivity contribution in [1.29, 1.82) is 0 Å². The molecule has 0 saturated carbocycles. The van der Waals surface area contributed by atoms with Gasteiger partial charge in [-0.3, -0.25) is 9.59 Å². The van der Waals surface area contributed by atoms with Crippen LogP contribution >= 0.6 is 0 Å². The van der Waals surface area contributed by atoms with E-state index < -0.39 is 36.3 Å². The number of rotatable bonds is 14. The number of benzene rings is 1. The van der Waals surface area contributed by atoms with E-state index >= 15 is 0 Å². The Labute approximate surface area is 217 Å². The quantitative estimate of drug-likeness (QED) is 0.321. The van der Waals surface area contributed by atoms with Gasteiger partial charge in [-0.15, -0.1) is 0 Å². The predicted octanol–water partition coefficient (Wildman–Crippen LogP) is 4.56. The molecule has 0 aliphatic heterocycles. The van der Waals surface area contributed by atoms with Crippen molar-refractivity contribution in [2.75, 3.05) is 19.7 Å². The van der Waals surface area contributed by atoms with Gasteiger partial charge in [0.15, 0.2) is 0 Å². The van der Waals surface area contributed by atoms with Gasteiger partial charge in [-0.1, -0.05) is 57.7 Å². The van der Waals surface area contributed by atoms with Crippen LogP contribution in [0.15, 0.2) is 18.2 Å². The van der Waals surface area contributed by atoms with Crippen molar-refractivity contribution in [3.8, 4) is 0 Å². The summed E-state index contributed by atoms with van der Waals surface area (Å²) in [6, 6.07) is 3.60. The zero-order chi connectivity index (χ0) is 27.3. The van der Waals surface area contributed by atoms with Crippen molar-refractivity contribution in [3.05, 3.63) is 34.9 Å². The molecule has 1 rings (SSSR count). The summed E-state index contributed by atoms with van der Waals surface area (Å²) in [6.07, 6.45) is 4.62. The van der Waals surface area contributed by atoms with Gasteiger partial charge in [0, 0.05) is 13.1 Å². The number of hydrogen-bond donors (Lipinski definition) is 3. The molecule has 8 heteroatoms. The Morgan fingerprint density at radius 1 is 1.03 bits per heavy atom. The molecular formula is C28H47N3O5. The average Bonchev–Trinajstić information content (AvgIpc) is 2.80. The van der Waals surface area contributed by atoms with Gasteiger partial charge < -0.3 is 25.4 Å². The number of aliphatic hydroxyl groups excluding tert-OH is 1. The number of carbonyl (C=O) groups is 3. The van der Waals surface area contributed by atoms with Gasteiger partial charge in [-0.25, -0.2) is 4.79 Å². The van der Waals surface area contributed by atoms with Crippen LogP contribution in [-0.2, 0) is 14.3 Å². The first-order valence-corrected chi connectivity index (χ1v) is 13.2. The van der Waals surface area contributed by atoms with Crippen molar-refractivity contribution >= 4 is 17.9 Å². The minimum absolute atomic E-state index is 0.269. The van der Waals surface area contributed by atoms with E-state index in [1.165, 1.54) is 4.90 Å². The minimum atomic E-state index is -1.23. The van der Waals surface area contributed by atoms with E-state index in [0.29, 0.717) is 19.5 Å². The molecule has 1 aromatic carbocycles. The number of aliphatic hydroxyl groups is 1. The molecule has 3 amide bonds. The van der Waals surface area contributed by atoms with Crippen LogP contribution < -0.4 is 10.6 Å². The molecule has 1 aromatic rings. The lowest BCUT2D eigenvalue weighted by Gasteiger charge is -2.35. The number of nitrogens with one attached hydrogen (secondary N) is 2. The van der Waals surface area contributed by atoms with Gasteiger partial charge >= 0.3 is 6.09 Å². The predicted molar refractivity (Wildman–Crippen MR) is 143 cm³/mol. The van der Waals surface area contributed by atoms with E-state index in [1.807, 2.05) is 39.0 Å². The second-order valence-electron chi connectivity index (χ2n) is 10.3. The first kappa shape index (κ1) is 31.4. The van der Waals surface area contributed by atoms with E-state index in [0.717, 1.165) is 48.8 Å². The molecule has 2 unspecified atom stereocenters. The number of aryl methyl sites for hydroxylation is 1. The standard InChI is InChI=1S/C28H47N3O5/c1-8-10-12-13-18-31(26(34)23(19-32)30-27(35)36-28(5,6)7)24(25(33)29-17-11-9-2)22-16-14-15-20(3)21(22)4/h14-16,23-24,32H,8-13,17-19H2,1-7H3,(H,29,33)(H,30,35). The number of carbonyl (C=O) groups excluding carboxylic acids is 3. The second-order valence-corrected chi connectivity index (χ2v) is 10.3. The molecule has 0 bridgehead atoms. The smallest absolute Gasteiger partial charge is 0.408 e. The van der Waals surface area contributed by atoms with Crippen LogP contribution in [0, 0.1) is 13.8 Å². The Morgan fingerprint density at radius 3 is 2.28 bits per heavy atom. The normalized spacial score (nSPS) is 13.0. The summed E-state index contributed by atoms with van der Waals surface area (Å²) in [5.41, 5.74) is 1.93. The second kappa shape index (κ2) is 15.5. The van der Waals surface area contributed by atoms with Crippen molar-refractivity contribution in [2.24, 2.45) is 0 Å². The van der Waals surface area contributed by atoms with Crippen LogP contribution in [0.25, 0.3) is 0 Å². The van der Waals surface area contributed by atoms with Crippen molar-refractivity contribution in [3.63, 3.8) is 0 Å². The van der Waals surface area contributed by atoms with Crippen LogP contribution in [0.2, 0.25) is 0 Å². The number of amides is 3. The summed E-state index contributed by atoms with van der Waals surface area (Å²) in [4.78, 5) is 41.3. The molecule has 0 fully saturated rings. The molecule has 0 saturated heterocycles. The number of unbranched alkanes of at least 4 members (excludes halogenated alkanes) is 4. The maximum atomic E-state index is 13.8. The summed E-state index contributed by atoms with van der Waals surface area (Å²) < 4.78 is 5.29. The molecule has 0 aliphatic carbocycles. The molecule has 0 radical (unpaired) electrons. The molecule has 204 valence electrons. The highest BCUT2D eigenvalue weighted by atomic mass is 16.6. The molecule has 0 spiro atoms. The zero-order valence-electron chi connectivity index (χ0n) is 23.3. The molecule has 0 aliphatic rings. The van der Waals surface area contributed by atoms with Crippen molar-refractivity contribution in [1.82, 2.24) is 15.5 Å². The highest BCUT2D eigenvalue weighted by Gasteiger charge is 2.36. The van der Waals surface area contributed by atoms with Crippen LogP contribution in [0.3, 0.4) is 0 Å². The number of hydrogen-bond acceptors (Lipinski definition) is 5. The van der Waals surface area contributed by atoms with E-state index in [1.54, 1.807) is 20.8 Å². The van der Waals surface area contributed by atoms with Crippen LogP contribution in [0.5, 0.6) is 0 Å². The van der Waals surface area contributed by atoms with E-state index in [4.69, 9.17) is 4.74 Å². The lowest BCUT2D eigenvalue weighted by atomic mass is 9.94. The maximum Gasteiger partial charge on any atom is 0.408 e. The van der Waals surface area contributed by atoms with Gasteiger partial charge in [0.2, 0.25) is 11.8 Å². The molecule has 2 atom stereocenters.